The van der Waals surface area contributed by atoms with Crippen LogP contribution in [0.1, 0.15) is 12.0 Å². The van der Waals surface area contributed by atoms with E-state index in [1.807, 2.05) is 48.5 Å². The second kappa shape index (κ2) is 8.73. The predicted molar refractivity (Wildman–Crippen MR) is 95.5 cm³/mol. The van der Waals surface area contributed by atoms with Crippen LogP contribution in [0.3, 0.4) is 0 Å². The summed E-state index contributed by atoms with van der Waals surface area (Å²) < 4.78 is 5.23. The summed E-state index contributed by atoms with van der Waals surface area (Å²) in [7, 11) is 3.21. The first kappa shape index (κ1) is 18.3. The van der Waals surface area contributed by atoms with Gasteiger partial charge >= 0.3 is 12.0 Å². The zero-order valence-electron chi connectivity index (χ0n) is 14.4. The third kappa shape index (κ3) is 5.53. The van der Waals surface area contributed by atoms with Gasteiger partial charge in [-0.2, -0.15) is 0 Å². The summed E-state index contributed by atoms with van der Waals surface area (Å²) in [4.78, 5) is 23.8. The summed E-state index contributed by atoms with van der Waals surface area (Å²) in [5, 5.41) is 11.4. The number of nitrogens with zero attached hydrogens (tertiary/aromatic N) is 1. The van der Waals surface area contributed by atoms with Crippen molar-refractivity contribution in [2.75, 3.05) is 20.7 Å². The van der Waals surface area contributed by atoms with Crippen molar-refractivity contribution in [2.45, 2.75) is 13.0 Å². The highest BCUT2D eigenvalue weighted by atomic mass is 16.5. The highest BCUT2D eigenvalue weighted by Gasteiger charge is 2.09. The molecule has 132 valence electrons. The molecule has 0 fully saturated rings. The van der Waals surface area contributed by atoms with Crippen LogP contribution in [0, 0.1) is 0 Å². The third-order valence-corrected chi connectivity index (χ3v) is 3.81. The number of carbonyl (C=O) groups is 2. The Morgan fingerprint density at radius 1 is 1.12 bits per heavy atom. The molecule has 25 heavy (non-hydrogen) atoms. The van der Waals surface area contributed by atoms with Gasteiger partial charge in [-0.3, -0.25) is 4.79 Å². The summed E-state index contributed by atoms with van der Waals surface area (Å²) in [6.45, 7) is 0.560. The molecule has 2 N–H and O–H groups in total. The number of carboxylic acid groups (broad SMARTS) is 1. The summed E-state index contributed by atoms with van der Waals surface area (Å²) in [5.41, 5.74) is 3.09. The van der Waals surface area contributed by atoms with Gasteiger partial charge in [0, 0.05) is 20.1 Å². The monoisotopic (exact) mass is 342 g/mol. The number of amides is 2. The molecular formula is C19H22N2O4. The van der Waals surface area contributed by atoms with E-state index >= 15 is 0 Å². The van der Waals surface area contributed by atoms with E-state index in [0.29, 0.717) is 6.54 Å². The zero-order chi connectivity index (χ0) is 18.2. The lowest BCUT2D eigenvalue weighted by atomic mass is 10.0. The van der Waals surface area contributed by atoms with Crippen molar-refractivity contribution >= 4 is 12.0 Å². The smallest absolute Gasteiger partial charge is 0.317 e. The van der Waals surface area contributed by atoms with Crippen LogP contribution >= 0.6 is 0 Å². The maximum Gasteiger partial charge on any atom is 0.317 e. The number of hydrogen-bond donors (Lipinski definition) is 2. The minimum atomic E-state index is -0.923. The molecule has 0 saturated heterocycles. The molecule has 6 nitrogen and oxygen atoms in total. The van der Waals surface area contributed by atoms with Gasteiger partial charge in [0.15, 0.2) is 0 Å². The van der Waals surface area contributed by atoms with Crippen LogP contribution in [0.2, 0.25) is 0 Å². The lowest BCUT2D eigenvalue weighted by Gasteiger charge is -2.17. The van der Waals surface area contributed by atoms with Crippen LogP contribution < -0.4 is 10.1 Å². The standard InChI is InChI=1S/C19H22N2O4/c1-21(11-10-18(22)23)19(24)20-13-14-6-8-15(9-7-14)16-4-3-5-17(12-16)25-2/h3-9,12H,10-11,13H2,1-2H3,(H,20,24)(H,22,23). The van der Waals surface area contributed by atoms with E-state index in [9.17, 15) is 9.59 Å². The molecular weight excluding hydrogens is 320 g/mol. The Morgan fingerprint density at radius 2 is 1.84 bits per heavy atom. The normalized spacial score (nSPS) is 10.2. The van der Waals surface area contributed by atoms with Crippen LogP contribution in [-0.4, -0.2) is 42.7 Å². The Morgan fingerprint density at radius 3 is 2.48 bits per heavy atom. The number of urea groups is 1. The number of hydrogen-bond acceptors (Lipinski definition) is 3. The summed E-state index contributed by atoms with van der Waals surface area (Å²) in [6.07, 6.45) is -0.0703. The average Bonchev–Trinajstić information content (AvgIpc) is 2.64. The van der Waals surface area contributed by atoms with Gasteiger partial charge < -0.3 is 20.1 Å². The second-order valence-corrected chi connectivity index (χ2v) is 5.65. The molecule has 2 amide bonds. The van der Waals surface area contributed by atoms with E-state index in [2.05, 4.69) is 5.32 Å². The van der Waals surface area contributed by atoms with E-state index in [1.54, 1.807) is 14.2 Å². The molecule has 0 aliphatic rings. The Bertz CT molecular complexity index is 728. The fraction of sp³-hybridized carbons (Fsp3) is 0.263. The van der Waals surface area contributed by atoms with E-state index in [4.69, 9.17) is 9.84 Å². The predicted octanol–water partition coefficient (Wildman–Crippen LogP) is 2.98. The first-order chi connectivity index (χ1) is 12.0. The van der Waals surface area contributed by atoms with Gasteiger partial charge in [-0.15, -0.1) is 0 Å². The number of carboxylic acids is 1. The third-order valence-electron chi connectivity index (χ3n) is 3.81. The number of ether oxygens (including phenoxy) is 1. The molecule has 0 aliphatic heterocycles. The molecule has 6 heteroatoms. The molecule has 0 bridgehead atoms. The highest BCUT2D eigenvalue weighted by molar-refractivity contribution is 5.75. The molecule has 2 rings (SSSR count). The van der Waals surface area contributed by atoms with Gasteiger partial charge in [0.1, 0.15) is 5.75 Å². The first-order valence-electron chi connectivity index (χ1n) is 7.93. The summed E-state index contributed by atoms with van der Waals surface area (Å²) >= 11 is 0. The van der Waals surface area contributed by atoms with Crippen molar-refractivity contribution in [1.82, 2.24) is 10.2 Å². The molecule has 0 radical (unpaired) electrons. The van der Waals surface area contributed by atoms with Crippen LogP contribution in [0.15, 0.2) is 48.5 Å². The molecule has 2 aromatic carbocycles. The van der Waals surface area contributed by atoms with Gasteiger partial charge in [-0.05, 0) is 28.8 Å². The molecule has 0 unspecified atom stereocenters. The maximum atomic E-state index is 11.9. The molecule has 0 aromatic heterocycles. The largest absolute Gasteiger partial charge is 0.497 e. The molecule has 0 saturated carbocycles. The van der Waals surface area contributed by atoms with Crippen molar-refractivity contribution < 1.29 is 19.4 Å². The van der Waals surface area contributed by atoms with Crippen LogP contribution in [-0.2, 0) is 11.3 Å². The highest BCUT2D eigenvalue weighted by Crippen LogP contribution is 2.24. The first-order valence-corrected chi connectivity index (χ1v) is 7.93. The van der Waals surface area contributed by atoms with Crippen LogP contribution in [0.5, 0.6) is 5.75 Å². The van der Waals surface area contributed by atoms with E-state index in [-0.39, 0.29) is 19.0 Å². The van der Waals surface area contributed by atoms with Crippen molar-refractivity contribution in [2.24, 2.45) is 0 Å². The molecule has 0 atom stereocenters. The van der Waals surface area contributed by atoms with Crippen molar-refractivity contribution in [1.29, 1.82) is 0 Å². The second-order valence-electron chi connectivity index (χ2n) is 5.65. The lowest BCUT2D eigenvalue weighted by Crippen LogP contribution is -2.37. The SMILES string of the molecule is COc1cccc(-c2ccc(CNC(=O)N(C)CCC(=O)O)cc2)c1. The van der Waals surface area contributed by atoms with Crippen LogP contribution in [0.25, 0.3) is 11.1 Å². The lowest BCUT2D eigenvalue weighted by molar-refractivity contribution is -0.137. The van der Waals surface area contributed by atoms with Crippen molar-refractivity contribution in [3.63, 3.8) is 0 Å². The minimum Gasteiger partial charge on any atom is -0.497 e. The van der Waals surface area contributed by atoms with E-state index in [0.717, 1.165) is 22.4 Å². The maximum absolute atomic E-state index is 11.9. The summed E-state index contributed by atoms with van der Waals surface area (Å²) in [5.74, 6) is -0.119. The summed E-state index contributed by atoms with van der Waals surface area (Å²) in [6, 6.07) is 15.4. The molecule has 0 aliphatic carbocycles. The molecule has 0 spiro atoms. The number of methoxy groups -OCH3 is 1. The van der Waals surface area contributed by atoms with Crippen molar-refractivity contribution in [3.05, 3.63) is 54.1 Å². The molecule has 0 heterocycles. The minimum absolute atomic E-state index is 0.0703. The fourth-order valence-corrected chi connectivity index (χ4v) is 2.30. The zero-order valence-corrected chi connectivity index (χ0v) is 14.4. The number of nitrogens with one attached hydrogen (secondary N) is 1. The Labute approximate surface area is 147 Å². The molecule has 2 aromatic rings. The Hall–Kier alpha value is -3.02. The van der Waals surface area contributed by atoms with E-state index in [1.165, 1.54) is 4.90 Å². The van der Waals surface area contributed by atoms with Gasteiger partial charge in [-0.25, -0.2) is 4.79 Å². The van der Waals surface area contributed by atoms with Gasteiger partial charge in [0.25, 0.3) is 0 Å². The number of carbonyl (C=O) groups excluding carboxylic acids is 1. The van der Waals surface area contributed by atoms with Crippen molar-refractivity contribution in [3.8, 4) is 16.9 Å². The fourth-order valence-electron chi connectivity index (χ4n) is 2.30. The number of aliphatic carboxylic acids is 1. The van der Waals surface area contributed by atoms with Gasteiger partial charge in [-0.1, -0.05) is 36.4 Å². The quantitative estimate of drug-likeness (QED) is 0.811. The van der Waals surface area contributed by atoms with Gasteiger partial charge in [0.2, 0.25) is 0 Å². The van der Waals surface area contributed by atoms with Gasteiger partial charge in [0.05, 0.1) is 13.5 Å². The van der Waals surface area contributed by atoms with E-state index < -0.39 is 5.97 Å². The topological polar surface area (TPSA) is 78.9 Å². The number of rotatable bonds is 7. The Balaban J connectivity index is 1.91. The average molecular weight is 342 g/mol. The van der Waals surface area contributed by atoms with Crippen LogP contribution in [0.4, 0.5) is 4.79 Å². The Kier molecular flexibility index (Phi) is 6.39. The number of benzene rings is 2.